The van der Waals surface area contributed by atoms with E-state index in [0.29, 0.717) is 42.3 Å². The molecule has 1 aliphatic heterocycles. The van der Waals surface area contributed by atoms with Crippen molar-refractivity contribution in [3.63, 3.8) is 0 Å². The minimum atomic E-state index is -3.40. The molecule has 1 aromatic heterocycles. The predicted molar refractivity (Wildman–Crippen MR) is 111 cm³/mol. The molecule has 0 spiro atoms. The zero-order valence-electron chi connectivity index (χ0n) is 16.2. The lowest BCUT2D eigenvalue weighted by Gasteiger charge is -2.31. The van der Waals surface area contributed by atoms with Crippen LogP contribution in [0.1, 0.15) is 28.8 Å². The summed E-state index contributed by atoms with van der Waals surface area (Å²) in [4.78, 5) is 31.2. The number of anilines is 1. The average Bonchev–Trinajstić information content (AvgIpc) is 2.69. The second-order valence-corrected chi connectivity index (χ2v) is 9.62. The van der Waals surface area contributed by atoms with Crippen molar-refractivity contribution in [2.45, 2.75) is 24.7 Å². The molecule has 1 N–H and O–H groups in total. The Labute approximate surface area is 175 Å². The number of likely N-dealkylation sites (tertiary alicyclic amines) is 1. The lowest BCUT2D eigenvalue weighted by Crippen LogP contribution is -2.41. The van der Waals surface area contributed by atoms with Crippen molar-refractivity contribution >= 4 is 39.1 Å². The number of hydrogen-bond donors (Lipinski definition) is 1. The molecule has 3 rings (SSSR count). The number of benzene rings is 1. The van der Waals surface area contributed by atoms with E-state index >= 15 is 0 Å². The van der Waals surface area contributed by atoms with Crippen LogP contribution in [0.25, 0.3) is 0 Å². The molecular weight excluding hydrogens is 414 g/mol. The number of amides is 2. The average molecular weight is 436 g/mol. The zero-order chi connectivity index (χ0) is 21.2. The first-order chi connectivity index (χ1) is 13.6. The van der Waals surface area contributed by atoms with Gasteiger partial charge in [0.1, 0.15) is 5.82 Å². The van der Waals surface area contributed by atoms with Crippen LogP contribution in [0.15, 0.2) is 41.4 Å². The standard InChI is InChI=1S/C20H22ClN3O4S/c1-13-3-5-16(29(2,27)28)11-17(13)20(26)24-9-7-14(8-10-24)19(25)23-18-6-4-15(21)12-22-18/h3-6,11-12,14H,7-10H2,1-2H3,(H,22,23,25). The van der Waals surface area contributed by atoms with E-state index in [9.17, 15) is 18.0 Å². The van der Waals surface area contributed by atoms with Gasteiger partial charge in [-0.25, -0.2) is 13.4 Å². The van der Waals surface area contributed by atoms with Gasteiger partial charge < -0.3 is 10.2 Å². The van der Waals surface area contributed by atoms with Gasteiger partial charge in [-0.15, -0.1) is 0 Å². The molecule has 0 unspecified atom stereocenters. The fraction of sp³-hybridized carbons (Fsp3) is 0.350. The lowest BCUT2D eigenvalue weighted by atomic mass is 9.95. The molecule has 0 radical (unpaired) electrons. The molecule has 154 valence electrons. The highest BCUT2D eigenvalue weighted by molar-refractivity contribution is 7.90. The molecule has 2 heterocycles. The summed E-state index contributed by atoms with van der Waals surface area (Å²) in [5.74, 6) is -0.139. The van der Waals surface area contributed by atoms with Crippen molar-refractivity contribution in [3.8, 4) is 0 Å². The monoisotopic (exact) mass is 435 g/mol. The predicted octanol–water partition coefficient (Wildman–Crippen LogP) is 2.94. The van der Waals surface area contributed by atoms with Crippen molar-refractivity contribution in [1.29, 1.82) is 0 Å². The van der Waals surface area contributed by atoms with E-state index in [4.69, 9.17) is 11.6 Å². The first-order valence-electron chi connectivity index (χ1n) is 9.17. The van der Waals surface area contributed by atoms with E-state index in [2.05, 4.69) is 10.3 Å². The number of halogens is 1. The molecule has 0 saturated carbocycles. The van der Waals surface area contributed by atoms with Gasteiger partial charge in [-0.05, 0) is 49.6 Å². The number of nitrogens with one attached hydrogen (secondary N) is 1. The minimum Gasteiger partial charge on any atom is -0.339 e. The number of hydrogen-bond acceptors (Lipinski definition) is 5. The van der Waals surface area contributed by atoms with Crippen LogP contribution in [0, 0.1) is 12.8 Å². The number of aromatic nitrogens is 1. The molecule has 7 nitrogen and oxygen atoms in total. The molecule has 1 aliphatic rings. The molecule has 1 saturated heterocycles. The Morgan fingerprint density at radius 2 is 1.86 bits per heavy atom. The maximum atomic E-state index is 12.9. The second-order valence-electron chi connectivity index (χ2n) is 7.17. The first kappa shape index (κ1) is 21.3. The zero-order valence-corrected chi connectivity index (χ0v) is 17.8. The van der Waals surface area contributed by atoms with Crippen molar-refractivity contribution in [3.05, 3.63) is 52.7 Å². The second kappa shape index (κ2) is 8.51. The topological polar surface area (TPSA) is 96.4 Å². The van der Waals surface area contributed by atoms with Gasteiger partial charge in [0.2, 0.25) is 5.91 Å². The van der Waals surface area contributed by atoms with Crippen LogP contribution in [0.4, 0.5) is 5.82 Å². The van der Waals surface area contributed by atoms with E-state index < -0.39 is 9.84 Å². The Hall–Kier alpha value is -2.45. The third-order valence-corrected chi connectivity index (χ3v) is 6.33. The Morgan fingerprint density at radius 1 is 1.17 bits per heavy atom. The molecule has 0 atom stereocenters. The van der Waals surface area contributed by atoms with Gasteiger partial charge in [-0.2, -0.15) is 0 Å². The lowest BCUT2D eigenvalue weighted by molar-refractivity contribution is -0.121. The third-order valence-electron chi connectivity index (χ3n) is 5.00. The number of carbonyl (C=O) groups excluding carboxylic acids is 2. The van der Waals surface area contributed by atoms with E-state index in [-0.39, 0.29) is 22.6 Å². The number of piperidine rings is 1. The Bertz CT molecular complexity index is 1030. The van der Waals surface area contributed by atoms with Gasteiger partial charge in [0.05, 0.1) is 9.92 Å². The number of carbonyl (C=O) groups is 2. The summed E-state index contributed by atoms with van der Waals surface area (Å²) in [5.41, 5.74) is 1.09. The molecule has 9 heteroatoms. The SMILES string of the molecule is Cc1ccc(S(C)(=O)=O)cc1C(=O)N1CCC(C(=O)Nc2ccc(Cl)cn2)CC1. The normalized spacial score (nSPS) is 15.2. The summed E-state index contributed by atoms with van der Waals surface area (Å²) in [5, 5.41) is 3.26. The molecule has 2 aromatic rings. The molecule has 1 fully saturated rings. The van der Waals surface area contributed by atoms with Gasteiger partial charge in [-0.1, -0.05) is 17.7 Å². The molecule has 2 amide bonds. The largest absolute Gasteiger partial charge is 0.339 e. The highest BCUT2D eigenvalue weighted by Gasteiger charge is 2.29. The quantitative estimate of drug-likeness (QED) is 0.796. The fourth-order valence-corrected chi connectivity index (χ4v) is 4.01. The van der Waals surface area contributed by atoms with E-state index in [1.807, 2.05) is 0 Å². The molecular formula is C20H22ClN3O4S. The van der Waals surface area contributed by atoms with Crippen LogP contribution in [0.2, 0.25) is 5.02 Å². The van der Waals surface area contributed by atoms with Crippen LogP contribution >= 0.6 is 11.6 Å². The minimum absolute atomic E-state index is 0.121. The van der Waals surface area contributed by atoms with Crippen LogP contribution in [-0.4, -0.2) is 49.5 Å². The third kappa shape index (κ3) is 5.13. The van der Waals surface area contributed by atoms with Gasteiger partial charge in [0, 0.05) is 37.0 Å². The van der Waals surface area contributed by atoms with E-state index in [0.717, 1.165) is 11.8 Å². The number of aryl methyl sites for hydroxylation is 1. The van der Waals surface area contributed by atoms with E-state index in [1.54, 1.807) is 30.0 Å². The van der Waals surface area contributed by atoms with Crippen LogP contribution in [0.3, 0.4) is 0 Å². The van der Waals surface area contributed by atoms with Crippen molar-refractivity contribution in [2.24, 2.45) is 5.92 Å². The first-order valence-corrected chi connectivity index (χ1v) is 11.4. The van der Waals surface area contributed by atoms with Crippen LogP contribution in [-0.2, 0) is 14.6 Å². The summed E-state index contributed by atoms with van der Waals surface area (Å²) in [6.07, 6.45) is 3.63. The molecule has 0 aliphatic carbocycles. The summed E-state index contributed by atoms with van der Waals surface area (Å²) < 4.78 is 23.6. The number of nitrogens with zero attached hydrogens (tertiary/aromatic N) is 2. The summed E-state index contributed by atoms with van der Waals surface area (Å²) in [6, 6.07) is 7.86. The van der Waals surface area contributed by atoms with Crippen molar-refractivity contribution in [1.82, 2.24) is 9.88 Å². The smallest absolute Gasteiger partial charge is 0.254 e. The molecule has 1 aromatic carbocycles. The molecule has 29 heavy (non-hydrogen) atoms. The van der Waals surface area contributed by atoms with Gasteiger partial charge in [-0.3, -0.25) is 9.59 Å². The number of sulfone groups is 1. The van der Waals surface area contributed by atoms with Crippen molar-refractivity contribution < 1.29 is 18.0 Å². The van der Waals surface area contributed by atoms with Gasteiger partial charge in [0.25, 0.3) is 5.91 Å². The highest BCUT2D eigenvalue weighted by atomic mass is 35.5. The summed E-state index contributed by atoms with van der Waals surface area (Å²) in [7, 11) is -3.40. The highest BCUT2D eigenvalue weighted by Crippen LogP contribution is 2.23. The maximum absolute atomic E-state index is 12.9. The fourth-order valence-electron chi connectivity index (χ4n) is 3.26. The Morgan fingerprint density at radius 3 is 2.45 bits per heavy atom. The van der Waals surface area contributed by atoms with Gasteiger partial charge >= 0.3 is 0 Å². The molecule has 0 bridgehead atoms. The Kier molecular flexibility index (Phi) is 6.24. The summed E-state index contributed by atoms with van der Waals surface area (Å²) >= 11 is 5.79. The number of pyridine rings is 1. The van der Waals surface area contributed by atoms with Gasteiger partial charge in [0.15, 0.2) is 9.84 Å². The maximum Gasteiger partial charge on any atom is 0.254 e. The number of rotatable bonds is 4. The van der Waals surface area contributed by atoms with E-state index in [1.165, 1.54) is 18.3 Å². The summed E-state index contributed by atoms with van der Waals surface area (Å²) in [6.45, 7) is 2.62. The Balaban J connectivity index is 1.64. The van der Waals surface area contributed by atoms with Crippen molar-refractivity contribution in [2.75, 3.05) is 24.7 Å². The van der Waals surface area contributed by atoms with Crippen LogP contribution in [0.5, 0.6) is 0 Å². The van der Waals surface area contributed by atoms with Crippen LogP contribution < -0.4 is 5.32 Å².